The molecular formula is C11H20O2. The Kier molecular flexibility index (Phi) is 2.56. The minimum absolute atomic E-state index is 0.00694. The fourth-order valence-electron chi connectivity index (χ4n) is 2.44. The highest BCUT2D eigenvalue weighted by Crippen LogP contribution is 2.45. The Morgan fingerprint density at radius 1 is 1.54 bits per heavy atom. The molecule has 1 aliphatic rings. The van der Waals surface area contributed by atoms with Crippen molar-refractivity contribution >= 4 is 0 Å². The van der Waals surface area contributed by atoms with Crippen LogP contribution in [0.4, 0.5) is 0 Å². The Bertz CT molecular complexity index is 201. The van der Waals surface area contributed by atoms with Crippen molar-refractivity contribution in [1.29, 1.82) is 0 Å². The van der Waals surface area contributed by atoms with E-state index in [9.17, 15) is 10.2 Å². The van der Waals surface area contributed by atoms with Crippen molar-refractivity contribution in [3.8, 4) is 0 Å². The first kappa shape index (κ1) is 10.7. The van der Waals surface area contributed by atoms with Gasteiger partial charge in [-0.1, -0.05) is 6.08 Å². The summed E-state index contributed by atoms with van der Waals surface area (Å²) in [6.07, 6.45) is 3.39. The van der Waals surface area contributed by atoms with Gasteiger partial charge in [-0.15, -0.1) is 6.58 Å². The largest absolute Gasteiger partial charge is 0.390 e. The second-order valence-electron chi connectivity index (χ2n) is 4.92. The third kappa shape index (κ3) is 1.94. The lowest BCUT2D eigenvalue weighted by atomic mass is 9.79. The summed E-state index contributed by atoms with van der Waals surface area (Å²) >= 11 is 0. The van der Waals surface area contributed by atoms with E-state index < -0.39 is 11.2 Å². The van der Waals surface area contributed by atoms with Crippen LogP contribution in [-0.2, 0) is 0 Å². The fraction of sp³-hybridized carbons (Fsp3) is 0.818. The van der Waals surface area contributed by atoms with Gasteiger partial charge in [0.25, 0.3) is 0 Å². The Hall–Kier alpha value is -0.340. The Labute approximate surface area is 80.3 Å². The maximum atomic E-state index is 10.0. The number of aliphatic hydroxyl groups is 2. The predicted molar refractivity (Wildman–Crippen MR) is 53.3 cm³/mol. The van der Waals surface area contributed by atoms with Gasteiger partial charge in [-0.3, -0.25) is 0 Å². The minimum Gasteiger partial charge on any atom is -0.390 e. The van der Waals surface area contributed by atoms with Crippen LogP contribution in [0.3, 0.4) is 0 Å². The predicted octanol–water partition coefficient (Wildman–Crippen LogP) is 1.72. The van der Waals surface area contributed by atoms with Crippen LogP contribution in [0.1, 0.15) is 33.6 Å². The van der Waals surface area contributed by atoms with Crippen molar-refractivity contribution < 1.29 is 10.2 Å². The maximum Gasteiger partial charge on any atom is 0.0685 e. The smallest absolute Gasteiger partial charge is 0.0685 e. The molecule has 76 valence electrons. The van der Waals surface area contributed by atoms with Crippen molar-refractivity contribution in [3.05, 3.63) is 12.7 Å². The second kappa shape index (κ2) is 3.10. The number of hydrogen-bond acceptors (Lipinski definition) is 2. The zero-order chi connectivity index (χ0) is 10.3. The molecule has 1 aliphatic carbocycles. The molecule has 0 unspecified atom stereocenters. The first-order valence-electron chi connectivity index (χ1n) is 4.86. The summed E-state index contributed by atoms with van der Waals surface area (Å²) in [7, 11) is 0. The average molecular weight is 184 g/mol. The molecule has 0 amide bonds. The fourth-order valence-corrected chi connectivity index (χ4v) is 2.44. The zero-order valence-electron chi connectivity index (χ0n) is 8.75. The molecule has 13 heavy (non-hydrogen) atoms. The normalized spacial score (nSPS) is 40.7. The molecule has 0 aromatic carbocycles. The molecule has 2 nitrogen and oxygen atoms in total. The Morgan fingerprint density at radius 2 is 2.08 bits per heavy atom. The summed E-state index contributed by atoms with van der Waals surface area (Å²) < 4.78 is 0. The lowest BCUT2D eigenvalue weighted by Crippen LogP contribution is -2.39. The molecule has 0 aliphatic heterocycles. The molecule has 1 saturated carbocycles. The molecule has 0 saturated heterocycles. The van der Waals surface area contributed by atoms with E-state index in [4.69, 9.17) is 0 Å². The van der Waals surface area contributed by atoms with Gasteiger partial charge in [0.2, 0.25) is 0 Å². The van der Waals surface area contributed by atoms with Crippen LogP contribution < -0.4 is 0 Å². The monoisotopic (exact) mass is 184 g/mol. The van der Waals surface area contributed by atoms with Gasteiger partial charge in [0, 0.05) is 5.92 Å². The number of rotatable bonds is 2. The summed E-state index contributed by atoms with van der Waals surface area (Å²) in [5.41, 5.74) is -1.41. The van der Waals surface area contributed by atoms with Crippen molar-refractivity contribution in [3.63, 3.8) is 0 Å². The third-order valence-corrected chi connectivity index (χ3v) is 3.27. The lowest BCUT2D eigenvalue weighted by molar-refractivity contribution is -0.0293. The first-order chi connectivity index (χ1) is 5.79. The van der Waals surface area contributed by atoms with Crippen molar-refractivity contribution in [2.24, 2.45) is 11.8 Å². The van der Waals surface area contributed by atoms with Gasteiger partial charge in [-0.25, -0.2) is 0 Å². The van der Waals surface area contributed by atoms with Crippen LogP contribution in [0.15, 0.2) is 12.7 Å². The van der Waals surface area contributed by atoms with Gasteiger partial charge in [-0.2, -0.15) is 0 Å². The van der Waals surface area contributed by atoms with Gasteiger partial charge in [0.05, 0.1) is 11.2 Å². The molecule has 1 rings (SSSR count). The van der Waals surface area contributed by atoms with Crippen molar-refractivity contribution in [2.75, 3.05) is 0 Å². The van der Waals surface area contributed by atoms with Crippen molar-refractivity contribution in [2.45, 2.75) is 44.8 Å². The molecule has 2 heteroatoms. The SMILES string of the molecule is C=C[C@@H]1[C@H](C(C)(C)O)CC[C@]1(C)O. The van der Waals surface area contributed by atoms with Crippen molar-refractivity contribution in [1.82, 2.24) is 0 Å². The van der Waals surface area contributed by atoms with Crippen LogP contribution in [0, 0.1) is 11.8 Å². The van der Waals surface area contributed by atoms with Gasteiger partial charge >= 0.3 is 0 Å². The second-order valence-corrected chi connectivity index (χ2v) is 4.92. The van der Waals surface area contributed by atoms with Gasteiger partial charge in [0.15, 0.2) is 0 Å². The summed E-state index contributed by atoms with van der Waals surface area (Å²) in [6.45, 7) is 9.16. The van der Waals surface area contributed by atoms with Crippen LogP contribution in [0.2, 0.25) is 0 Å². The average Bonchev–Trinajstić information content (AvgIpc) is 2.23. The van der Waals surface area contributed by atoms with E-state index in [-0.39, 0.29) is 11.8 Å². The molecule has 2 N–H and O–H groups in total. The highest BCUT2D eigenvalue weighted by molar-refractivity contribution is 5.06. The summed E-state index contributed by atoms with van der Waals surface area (Å²) in [6, 6.07) is 0. The molecule has 0 aromatic rings. The van der Waals surface area contributed by atoms with E-state index in [2.05, 4.69) is 6.58 Å². The molecule has 1 fully saturated rings. The van der Waals surface area contributed by atoms with E-state index in [1.54, 1.807) is 19.9 Å². The summed E-state index contributed by atoms with van der Waals surface area (Å²) in [5.74, 6) is 0.132. The molecule has 0 aromatic heterocycles. The summed E-state index contributed by atoms with van der Waals surface area (Å²) in [4.78, 5) is 0. The highest BCUT2D eigenvalue weighted by Gasteiger charge is 2.47. The van der Waals surface area contributed by atoms with Crippen LogP contribution in [0.5, 0.6) is 0 Å². The Morgan fingerprint density at radius 3 is 2.38 bits per heavy atom. The molecule has 0 bridgehead atoms. The molecule has 3 atom stereocenters. The zero-order valence-corrected chi connectivity index (χ0v) is 8.75. The van der Waals surface area contributed by atoms with E-state index in [0.29, 0.717) is 0 Å². The van der Waals surface area contributed by atoms with E-state index in [1.807, 2.05) is 6.92 Å². The van der Waals surface area contributed by atoms with Crippen LogP contribution >= 0.6 is 0 Å². The summed E-state index contributed by atoms with van der Waals surface area (Å²) in [5, 5.41) is 19.9. The molecule has 0 spiro atoms. The highest BCUT2D eigenvalue weighted by atomic mass is 16.3. The van der Waals surface area contributed by atoms with Crippen LogP contribution in [0.25, 0.3) is 0 Å². The van der Waals surface area contributed by atoms with E-state index in [1.165, 1.54) is 0 Å². The van der Waals surface area contributed by atoms with Gasteiger partial charge in [-0.05, 0) is 39.5 Å². The first-order valence-corrected chi connectivity index (χ1v) is 4.86. The lowest BCUT2D eigenvalue weighted by Gasteiger charge is -2.33. The Balaban J connectivity index is 2.87. The van der Waals surface area contributed by atoms with E-state index >= 15 is 0 Å². The van der Waals surface area contributed by atoms with Gasteiger partial charge in [0.1, 0.15) is 0 Å². The third-order valence-electron chi connectivity index (χ3n) is 3.27. The maximum absolute atomic E-state index is 10.0. The van der Waals surface area contributed by atoms with Gasteiger partial charge < -0.3 is 10.2 Å². The topological polar surface area (TPSA) is 40.5 Å². The minimum atomic E-state index is -0.723. The van der Waals surface area contributed by atoms with E-state index in [0.717, 1.165) is 12.8 Å². The standard InChI is InChI=1S/C11H20O2/c1-5-8-9(10(2,3)12)6-7-11(8,4)13/h5,8-9,12-13H,1,6-7H2,2-4H3/t8-,9-,11+/m1/s1. The molecule has 0 heterocycles. The number of hydrogen-bond donors (Lipinski definition) is 2. The quantitative estimate of drug-likeness (QED) is 0.641. The van der Waals surface area contributed by atoms with Crippen LogP contribution in [-0.4, -0.2) is 21.4 Å². The molecule has 0 radical (unpaired) electrons. The molecular weight excluding hydrogens is 164 g/mol.